The van der Waals surface area contributed by atoms with Gasteiger partial charge in [-0.25, -0.2) is 9.97 Å². The maximum Gasteiger partial charge on any atom is 0.143 e. The lowest BCUT2D eigenvalue weighted by atomic mass is 10.1. The monoisotopic (exact) mass is 470 g/mol. The molecule has 35 heavy (non-hydrogen) atoms. The van der Waals surface area contributed by atoms with Crippen LogP contribution in [-0.4, -0.2) is 42.0 Å². The van der Waals surface area contributed by atoms with E-state index in [-0.39, 0.29) is 5.76 Å². The maximum atomic E-state index is 9.90. The molecule has 7 nitrogen and oxygen atoms in total. The summed E-state index contributed by atoms with van der Waals surface area (Å²) in [5, 5.41) is 14.7. The average Bonchev–Trinajstić information content (AvgIpc) is 3.57. The Morgan fingerprint density at radius 2 is 2.06 bits per heavy atom. The topological polar surface area (TPSA) is 72.0 Å². The molecule has 1 saturated heterocycles. The Morgan fingerprint density at radius 3 is 2.74 bits per heavy atom. The smallest absolute Gasteiger partial charge is 0.143 e. The van der Waals surface area contributed by atoms with Gasteiger partial charge in [-0.1, -0.05) is 20.4 Å². The molecule has 0 spiro atoms. The lowest BCUT2D eigenvalue weighted by Gasteiger charge is -2.22. The summed E-state index contributed by atoms with van der Waals surface area (Å²) in [5.41, 5.74) is 4.41. The summed E-state index contributed by atoms with van der Waals surface area (Å²) in [7, 11) is 0. The third-order valence-electron chi connectivity index (χ3n) is 6.89. The summed E-state index contributed by atoms with van der Waals surface area (Å²) in [5.74, 6) is 2.54. The quantitative estimate of drug-likeness (QED) is 0.324. The van der Waals surface area contributed by atoms with Gasteiger partial charge in [0, 0.05) is 42.7 Å². The van der Waals surface area contributed by atoms with Crippen molar-refractivity contribution in [3.05, 3.63) is 66.6 Å². The molecule has 7 heteroatoms. The zero-order valence-electron chi connectivity index (χ0n) is 20.9. The summed E-state index contributed by atoms with van der Waals surface area (Å²) >= 11 is 0. The number of aryl methyl sites for hydroxylation is 1. The molecular weight excluding hydrogens is 436 g/mol. The highest BCUT2D eigenvalue weighted by atomic mass is 16.3. The van der Waals surface area contributed by atoms with E-state index in [1.165, 1.54) is 12.8 Å². The number of imidazole rings is 1. The molecule has 0 amide bonds. The average molecular weight is 471 g/mol. The minimum absolute atomic E-state index is 0.0395. The SMILES string of the molecule is C=C(O)c1ccc2c(c1)nc(-c1ccc(N3CCC[C@@H]3C)nc1)n2Cc1ccn(CCC(C)C)n1. The van der Waals surface area contributed by atoms with Crippen LogP contribution in [-0.2, 0) is 13.1 Å². The van der Waals surface area contributed by atoms with Crippen LogP contribution in [0.5, 0.6) is 0 Å². The molecule has 0 aliphatic carbocycles. The van der Waals surface area contributed by atoms with E-state index in [1.807, 2.05) is 29.1 Å². The zero-order valence-corrected chi connectivity index (χ0v) is 20.9. The van der Waals surface area contributed by atoms with Crippen molar-refractivity contribution in [3.8, 4) is 11.4 Å². The number of aliphatic hydroxyl groups is 1. The van der Waals surface area contributed by atoms with Gasteiger partial charge in [0.1, 0.15) is 17.4 Å². The van der Waals surface area contributed by atoms with Gasteiger partial charge in [-0.2, -0.15) is 5.10 Å². The van der Waals surface area contributed by atoms with Gasteiger partial charge in [-0.3, -0.25) is 4.68 Å². The zero-order chi connectivity index (χ0) is 24.5. The summed E-state index contributed by atoms with van der Waals surface area (Å²) in [6.07, 6.45) is 7.50. The van der Waals surface area contributed by atoms with E-state index in [2.05, 4.69) is 61.2 Å². The largest absolute Gasteiger partial charge is 0.508 e. The molecule has 1 aromatic carbocycles. The summed E-state index contributed by atoms with van der Waals surface area (Å²) in [6, 6.07) is 12.6. The van der Waals surface area contributed by atoms with Crippen LogP contribution < -0.4 is 4.90 Å². The highest BCUT2D eigenvalue weighted by Crippen LogP contribution is 2.29. The number of hydrogen-bond acceptors (Lipinski definition) is 5. The molecule has 1 atom stereocenters. The van der Waals surface area contributed by atoms with Gasteiger partial charge in [0.05, 0.1) is 23.3 Å². The number of fused-ring (bicyclic) bond motifs is 1. The minimum atomic E-state index is 0.0395. The van der Waals surface area contributed by atoms with Crippen LogP contribution in [0, 0.1) is 5.92 Å². The predicted octanol–water partition coefficient (Wildman–Crippen LogP) is 5.91. The van der Waals surface area contributed by atoms with Crippen LogP contribution in [0.3, 0.4) is 0 Å². The first-order valence-electron chi connectivity index (χ1n) is 12.5. The van der Waals surface area contributed by atoms with Gasteiger partial charge in [0.2, 0.25) is 0 Å². The van der Waals surface area contributed by atoms with E-state index in [9.17, 15) is 5.11 Å². The first kappa shape index (κ1) is 23.1. The van der Waals surface area contributed by atoms with Crippen LogP contribution in [0.15, 0.2) is 55.4 Å². The molecule has 1 N–H and O–H groups in total. The first-order valence-corrected chi connectivity index (χ1v) is 12.5. The molecule has 4 heterocycles. The first-order chi connectivity index (χ1) is 16.9. The molecule has 1 fully saturated rings. The Bertz CT molecular complexity index is 1330. The van der Waals surface area contributed by atoms with Crippen molar-refractivity contribution in [1.82, 2.24) is 24.3 Å². The molecule has 3 aromatic heterocycles. The summed E-state index contributed by atoms with van der Waals surface area (Å²) in [4.78, 5) is 12.1. The number of pyridine rings is 1. The number of aliphatic hydroxyl groups excluding tert-OH is 1. The number of aromatic nitrogens is 5. The molecule has 1 aliphatic rings. The predicted molar refractivity (Wildman–Crippen MR) is 141 cm³/mol. The van der Waals surface area contributed by atoms with Crippen LogP contribution in [0.4, 0.5) is 5.82 Å². The van der Waals surface area contributed by atoms with Crippen molar-refractivity contribution >= 4 is 22.6 Å². The standard InChI is InChI=1S/C28H34N6O/c1-19(2)11-14-32-15-12-24(31-32)18-34-26-9-7-22(21(4)35)16-25(26)30-28(34)23-8-10-27(29-17-23)33-13-5-6-20(33)3/h7-10,12,15-17,19-20,35H,4-6,11,13-14,18H2,1-3H3/t20-/m0/s1. The highest BCUT2D eigenvalue weighted by molar-refractivity contribution is 5.83. The Hall–Kier alpha value is -3.61. The number of benzene rings is 1. The Labute approximate surface area is 206 Å². The van der Waals surface area contributed by atoms with Crippen molar-refractivity contribution in [2.24, 2.45) is 5.92 Å². The Morgan fingerprint density at radius 1 is 1.20 bits per heavy atom. The number of hydrogen-bond donors (Lipinski definition) is 1. The second-order valence-corrected chi connectivity index (χ2v) is 10.0. The molecule has 182 valence electrons. The van der Waals surface area contributed by atoms with Crippen molar-refractivity contribution in [2.75, 3.05) is 11.4 Å². The molecule has 4 aromatic rings. The third kappa shape index (κ3) is 4.81. The Kier molecular flexibility index (Phi) is 6.32. The van der Waals surface area contributed by atoms with Crippen LogP contribution in [0.2, 0.25) is 0 Å². The van der Waals surface area contributed by atoms with E-state index in [0.29, 0.717) is 24.1 Å². The normalized spacial score (nSPS) is 16.0. The molecular formula is C28H34N6O. The fraction of sp³-hybridized carbons (Fsp3) is 0.393. The molecule has 0 saturated carbocycles. The summed E-state index contributed by atoms with van der Waals surface area (Å²) < 4.78 is 4.21. The Balaban J connectivity index is 1.51. The number of rotatable bonds is 8. The van der Waals surface area contributed by atoms with Gasteiger partial charge >= 0.3 is 0 Å². The van der Waals surface area contributed by atoms with E-state index in [0.717, 1.165) is 53.4 Å². The van der Waals surface area contributed by atoms with E-state index < -0.39 is 0 Å². The molecule has 0 radical (unpaired) electrons. The van der Waals surface area contributed by atoms with Gasteiger partial charge in [-0.05, 0) is 68.5 Å². The maximum absolute atomic E-state index is 9.90. The van der Waals surface area contributed by atoms with E-state index >= 15 is 0 Å². The third-order valence-corrected chi connectivity index (χ3v) is 6.89. The van der Waals surface area contributed by atoms with Crippen molar-refractivity contribution in [3.63, 3.8) is 0 Å². The van der Waals surface area contributed by atoms with Crippen molar-refractivity contribution < 1.29 is 5.11 Å². The number of anilines is 1. The molecule has 0 unspecified atom stereocenters. The lowest BCUT2D eigenvalue weighted by Crippen LogP contribution is -2.26. The van der Waals surface area contributed by atoms with Crippen LogP contribution in [0.1, 0.15) is 51.3 Å². The van der Waals surface area contributed by atoms with Gasteiger partial charge in [0.15, 0.2) is 0 Å². The number of nitrogens with zero attached hydrogens (tertiary/aromatic N) is 6. The van der Waals surface area contributed by atoms with E-state index in [1.54, 1.807) is 0 Å². The highest BCUT2D eigenvalue weighted by Gasteiger charge is 2.22. The molecule has 1 aliphatic heterocycles. The summed E-state index contributed by atoms with van der Waals surface area (Å²) in [6.45, 7) is 13.0. The van der Waals surface area contributed by atoms with E-state index in [4.69, 9.17) is 15.1 Å². The van der Waals surface area contributed by atoms with Gasteiger partial charge in [-0.15, -0.1) is 0 Å². The second-order valence-electron chi connectivity index (χ2n) is 10.0. The van der Waals surface area contributed by atoms with Gasteiger partial charge < -0.3 is 14.6 Å². The fourth-order valence-corrected chi connectivity index (χ4v) is 4.82. The van der Waals surface area contributed by atoms with Crippen molar-refractivity contribution in [1.29, 1.82) is 0 Å². The second kappa shape index (κ2) is 9.56. The van der Waals surface area contributed by atoms with Gasteiger partial charge in [0.25, 0.3) is 0 Å². The molecule has 0 bridgehead atoms. The van der Waals surface area contributed by atoms with Crippen LogP contribution in [0.25, 0.3) is 28.2 Å². The fourth-order valence-electron chi connectivity index (χ4n) is 4.82. The van der Waals surface area contributed by atoms with Crippen molar-refractivity contribution in [2.45, 2.75) is 59.2 Å². The minimum Gasteiger partial charge on any atom is -0.508 e. The lowest BCUT2D eigenvalue weighted by molar-refractivity contribution is 0.483. The van der Waals surface area contributed by atoms with Crippen LogP contribution >= 0.6 is 0 Å². The molecule has 5 rings (SSSR count).